The van der Waals surface area contributed by atoms with Crippen LogP contribution in [-0.2, 0) is 22.4 Å². The van der Waals surface area contributed by atoms with Crippen molar-refractivity contribution >= 4 is 11.6 Å². The Bertz CT molecular complexity index is 1480. The molecule has 6 heteroatoms. The van der Waals surface area contributed by atoms with E-state index >= 15 is 0 Å². The highest BCUT2D eigenvalue weighted by atomic mass is 16.5. The monoisotopic (exact) mass is 731 g/mol. The topological polar surface area (TPSA) is 71.1 Å². The van der Waals surface area contributed by atoms with Crippen LogP contribution in [0, 0.1) is 11.8 Å². The van der Waals surface area contributed by atoms with Crippen molar-refractivity contribution in [1.82, 2.24) is 0 Å². The molecule has 1 aliphatic carbocycles. The molecule has 3 rings (SSSR count). The van der Waals surface area contributed by atoms with Crippen LogP contribution in [0.3, 0.4) is 0 Å². The number of rotatable bonds is 21. The highest BCUT2D eigenvalue weighted by Gasteiger charge is 2.33. The molecule has 0 radical (unpaired) electrons. The van der Waals surface area contributed by atoms with Crippen molar-refractivity contribution in [2.75, 3.05) is 28.4 Å². The Morgan fingerprint density at radius 1 is 0.811 bits per heavy atom. The molecule has 0 N–H and O–H groups in total. The third kappa shape index (κ3) is 13.5. The van der Waals surface area contributed by atoms with Gasteiger partial charge >= 0.3 is 0 Å². The molecule has 294 valence electrons. The van der Waals surface area contributed by atoms with Crippen LogP contribution in [0.1, 0.15) is 147 Å². The maximum absolute atomic E-state index is 12.5. The lowest BCUT2D eigenvalue weighted by Gasteiger charge is -2.30. The molecular formula is C47H70O6. The molecule has 2 aromatic rings. The van der Waals surface area contributed by atoms with Gasteiger partial charge in [0, 0.05) is 34.8 Å². The fourth-order valence-corrected chi connectivity index (χ4v) is 7.58. The summed E-state index contributed by atoms with van der Waals surface area (Å²) < 4.78 is 23.0. The summed E-state index contributed by atoms with van der Waals surface area (Å²) in [5.41, 5.74) is 6.86. The van der Waals surface area contributed by atoms with Crippen molar-refractivity contribution in [1.29, 1.82) is 0 Å². The maximum Gasteiger partial charge on any atom is 0.133 e. The second-order valence-corrected chi connectivity index (χ2v) is 14.8. The van der Waals surface area contributed by atoms with Gasteiger partial charge in [0.05, 0.1) is 28.4 Å². The number of methoxy groups -OCH3 is 4. The van der Waals surface area contributed by atoms with E-state index in [9.17, 15) is 9.59 Å². The molecule has 0 amide bonds. The van der Waals surface area contributed by atoms with Crippen molar-refractivity contribution in [2.45, 2.75) is 137 Å². The van der Waals surface area contributed by atoms with Gasteiger partial charge in [-0.05, 0) is 121 Å². The van der Waals surface area contributed by atoms with Gasteiger partial charge in [-0.25, -0.2) is 0 Å². The minimum Gasteiger partial charge on any atom is -0.496 e. The summed E-state index contributed by atoms with van der Waals surface area (Å²) in [4.78, 5) is 24.8. The molecule has 0 aliphatic heterocycles. The van der Waals surface area contributed by atoms with Crippen LogP contribution in [0.5, 0.6) is 23.0 Å². The molecule has 0 heterocycles. The van der Waals surface area contributed by atoms with E-state index in [1.165, 1.54) is 48.8 Å². The van der Waals surface area contributed by atoms with E-state index in [0.717, 1.165) is 84.6 Å². The lowest BCUT2D eigenvalue weighted by atomic mass is 9.74. The third-order valence-corrected chi connectivity index (χ3v) is 10.5. The number of allylic oxidation sites excluding steroid dienone is 5. The summed E-state index contributed by atoms with van der Waals surface area (Å²) >= 11 is 0. The van der Waals surface area contributed by atoms with Gasteiger partial charge in [0.15, 0.2) is 0 Å². The predicted molar refractivity (Wildman–Crippen MR) is 221 cm³/mol. The Kier molecular flexibility index (Phi) is 20.4. The van der Waals surface area contributed by atoms with E-state index in [-0.39, 0.29) is 35.2 Å². The number of aryl methyl sites for hydroxylation is 2. The number of Topliss-reactive ketones (excluding diaryl/α,β-unsaturated/α-hetero) is 2. The van der Waals surface area contributed by atoms with Crippen LogP contribution in [-0.4, -0.2) is 40.0 Å². The van der Waals surface area contributed by atoms with Crippen LogP contribution >= 0.6 is 0 Å². The van der Waals surface area contributed by atoms with Crippen molar-refractivity contribution in [3.05, 3.63) is 82.5 Å². The number of carbonyl (C=O) groups excluding carboxylic acids is 2. The molecule has 0 bridgehead atoms. The van der Waals surface area contributed by atoms with Crippen molar-refractivity contribution < 1.29 is 28.5 Å². The Labute approximate surface area is 322 Å². The summed E-state index contributed by atoms with van der Waals surface area (Å²) in [5.74, 6) is 3.51. The van der Waals surface area contributed by atoms with Gasteiger partial charge in [0.1, 0.15) is 34.6 Å². The molecular weight excluding hydrogens is 661 g/mol. The second-order valence-electron chi connectivity index (χ2n) is 14.8. The van der Waals surface area contributed by atoms with Gasteiger partial charge in [-0.3, -0.25) is 9.59 Å². The zero-order chi connectivity index (χ0) is 39.5. The first-order valence-electron chi connectivity index (χ1n) is 19.9. The van der Waals surface area contributed by atoms with E-state index in [0.29, 0.717) is 0 Å². The Balaban J connectivity index is 0.000000369. The molecule has 0 aromatic heterocycles. The fraction of sp³-hybridized carbons (Fsp3) is 0.574. The SMILES string of the molecule is C=C(C)CC[C@@H](C(C)=O)[C@@H](/C=C/C)c1c(OC)cc(CCCCC)cc1OC.CCCCCc1cc(OC)c([C@@H]2C=C(C)CC[C@H]2C(C)=O)c(OC)c1. The smallest absolute Gasteiger partial charge is 0.133 e. The zero-order valence-electron chi connectivity index (χ0n) is 35.0. The highest BCUT2D eigenvalue weighted by Crippen LogP contribution is 2.46. The number of hydrogen-bond acceptors (Lipinski definition) is 6. The first-order chi connectivity index (χ1) is 25.4. The van der Waals surface area contributed by atoms with Gasteiger partial charge in [-0.2, -0.15) is 0 Å². The lowest BCUT2D eigenvalue weighted by molar-refractivity contribution is -0.122. The average Bonchev–Trinajstić information content (AvgIpc) is 3.13. The molecule has 53 heavy (non-hydrogen) atoms. The van der Waals surface area contributed by atoms with Gasteiger partial charge in [0.2, 0.25) is 0 Å². The van der Waals surface area contributed by atoms with Crippen molar-refractivity contribution in [3.63, 3.8) is 0 Å². The molecule has 6 nitrogen and oxygen atoms in total. The van der Waals surface area contributed by atoms with Crippen molar-refractivity contribution in [3.8, 4) is 23.0 Å². The molecule has 0 saturated carbocycles. The third-order valence-electron chi connectivity index (χ3n) is 10.5. The summed E-state index contributed by atoms with van der Waals surface area (Å²) in [5, 5.41) is 0. The second kappa shape index (κ2) is 23.8. The highest BCUT2D eigenvalue weighted by molar-refractivity contribution is 5.81. The quantitative estimate of drug-likeness (QED) is 0.0941. The lowest BCUT2D eigenvalue weighted by Crippen LogP contribution is -2.23. The maximum atomic E-state index is 12.5. The zero-order valence-corrected chi connectivity index (χ0v) is 35.0. The standard InChI is InChI=1S/C25H38O3.C22H32O3/c1-8-10-11-13-20-16-23(27-6)25(24(17-20)28-7)22(12-9-2)21(19(5)26)15-14-18(3)4;1-6-7-8-9-17-13-20(24-4)22(21(14-17)25-5)19-12-15(2)10-11-18(19)16(3)23/h9,12,16-17,21-22H,3,8,10-11,13-15H2,1-2,4-7H3;12-14,18-19H,6-11H2,1-5H3/b12-9+;/t21-,22+;18-,19+/m00/s1. The number of unbranched alkanes of at least 4 members (excludes halogenated alkanes) is 4. The van der Waals surface area contributed by atoms with Crippen LogP contribution in [0.15, 0.2) is 60.2 Å². The van der Waals surface area contributed by atoms with E-state index in [4.69, 9.17) is 18.9 Å². The fourth-order valence-electron chi connectivity index (χ4n) is 7.58. The molecule has 4 atom stereocenters. The molecule has 2 aromatic carbocycles. The van der Waals surface area contributed by atoms with Crippen LogP contribution in [0.4, 0.5) is 0 Å². The minimum atomic E-state index is -0.137. The van der Waals surface area contributed by atoms with Crippen LogP contribution < -0.4 is 18.9 Å². The number of hydrogen-bond donors (Lipinski definition) is 0. The number of ketones is 2. The van der Waals surface area contributed by atoms with E-state index in [2.05, 4.69) is 63.8 Å². The minimum absolute atomic E-state index is 0.00237. The van der Waals surface area contributed by atoms with Gasteiger partial charge in [-0.1, -0.05) is 68.9 Å². The summed E-state index contributed by atoms with van der Waals surface area (Å²) in [6.45, 7) is 17.9. The van der Waals surface area contributed by atoms with Gasteiger partial charge in [-0.15, -0.1) is 6.58 Å². The Morgan fingerprint density at radius 3 is 1.70 bits per heavy atom. The largest absolute Gasteiger partial charge is 0.496 e. The predicted octanol–water partition coefficient (Wildman–Crippen LogP) is 12.1. The van der Waals surface area contributed by atoms with Gasteiger partial charge < -0.3 is 18.9 Å². The molecule has 1 aliphatic rings. The van der Waals surface area contributed by atoms with Gasteiger partial charge in [0.25, 0.3) is 0 Å². The Hall–Kier alpha value is -3.80. The molecule has 0 spiro atoms. The molecule has 0 saturated heterocycles. The number of carbonyl (C=O) groups is 2. The number of ether oxygens (including phenoxy) is 4. The van der Waals surface area contributed by atoms with E-state index in [1.54, 1.807) is 42.3 Å². The first kappa shape index (κ1) is 45.4. The van der Waals surface area contributed by atoms with Crippen LogP contribution in [0.25, 0.3) is 0 Å². The normalized spacial score (nSPS) is 16.5. The summed E-state index contributed by atoms with van der Waals surface area (Å²) in [7, 11) is 6.79. The van der Waals surface area contributed by atoms with E-state index < -0.39 is 0 Å². The summed E-state index contributed by atoms with van der Waals surface area (Å²) in [6, 6.07) is 8.48. The average molecular weight is 731 g/mol. The van der Waals surface area contributed by atoms with Crippen LogP contribution in [0.2, 0.25) is 0 Å². The van der Waals surface area contributed by atoms with Crippen molar-refractivity contribution in [2.24, 2.45) is 11.8 Å². The summed E-state index contributed by atoms with van der Waals surface area (Å²) in [6.07, 6.45) is 19.0. The number of benzene rings is 2. The Morgan fingerprint density at radius 2 is 1.30 bits per heavy atom. The van der Waals surface area contributed by atoms with E-state index in [1.807, 2.05) is 19.9 Å². The molecule has 0 fully saturated rings. The molecule has 0 unspecified atom stereocenters. The first-order valence-corrected chi connectivity index (χ1v) is 19.9.